The maximum absolute atomic E-state index is 12.7. The molecule has 10 aliphatic rings. The van der Waals surface area contributed by atoms with E-state index in [1.54, 1.807) is 19.9 Å². The Bertz CT molecular complexity index is 1650. The highest BCUT2D eigenvalue weighted by Crippen LogP contribution is 2.79. The molecule has 10 nitrogen and oxygen atoms in total. The lowest BCUT2D eigenvalue weighted by Crippen LogP contribution is -2.53. The molecule has 16 atom stereocenters. The monoisotopic (exact) mass is 662 g/mol. The fourth-order valence-corrected chi connectivity index (χ4v) is 14.8. The molecule has 258 valence electrons. The highest BCUT2D eigenvalue weighted by molar-refractivity contribution is 5.87. The van der Waals surface area contributed by atoms with E-state index in [0.29, 0.717) is 31.1 Å². The fourth-order valence-electron chi connectivity index (χ4n) is 14.8. The van der Waals surface area contributed by atoms with E-state index in [1.165, 1.54) is 5.57 Å². The van der Waals surface area contributed by atoms with E-state index < -0.39 is 87.2 Å². The first-order valence-electron chi connectivity index (χ1n) is 17.9. The lowest BCUT2D eigenvalue weighted by Gasteiger charge is -2.44. The van der Waals surface area contributed by atoms with Crippen LogP contribution in [0.25, 0.3) is 0 Å². The molecule has 0 aromatic rings. The topological polar surface area (TPSA) is 168 Å². The Kier molecular flexibility index (Phi) is 5.83. The summed E-state index contributed by atoms with van der Waals surface area (Å²) in [5.41, 5.74) is -2.25. The van der Waals surface area contributed by atoms with E-state index in [1.807, 2.05) is 6.08 Å². The molecular formula is C38H46O10. The van der Waals surface area contributed by atoms with Crippen LogP contribution < -0.4 is 0 Å². The molecule has 48 heavy (non-hydrogen) atoms. The zero-order chi connectivity index (χ0) is 34.1. The highest BCUT2D eigenvalue weighted by Gasteiger charge is 2.84. The van der Waals surface area contributed by atoms with Gasteiger partial charge in [0.25, 0.3) is 0 Å². The summed E-state index contributed by atoms with van der Waals surface area (Å²) in [6.45, 7) is 11.8. The number of fused-ring (bicyclic) bond motifs is 2. The van der Waals surface area contributed by atoms with Gasteiger partial charge in [-0.3, -0.25) is 19.2 Å². The van der Waals surface area contributed by atoms with Crippen molar-refractivity contribution in [1.29, 1.82) is 0 Å². The van der Waals surface area contributed by atoms with E-state index in [4.69, 9.17) is 9.47 Å². The van der Waals surface area contributed by atoms with Crippen molar-refractivity contribution >= 4 is 23.9 Å². The number of ether oxygens (including phenoxy) is 2. The zero-order valence-corrected chi connectivity index (χ0v) is 27.7. The number of esters is 2. The smallest absolute Gasteiger partial charge is 0.316 e. The maximum Gasteiger partial charge on any atom is 0.316 e. The Labute approximate surface area is 279 Å². The van der Waals surface area contributed by atoms with Crippen molar-refractivity contribution in [2.75, 3.05) is 0 Å². The van der Waals surface area contributed by atoms with Crippen molar-refractivity contribution in [2.24, 2.45) is 69.0 Å². The number of hydrogen-bond acceptors (Lipinski definition) is 8. The van der Waals surface area contributed by atoms with Crippen molar-refractivity contribution in [3.63, 3.8) is 0 Å². The average Bonchev–Trinajstić information content (AvgIpc) is 3.70. The van der Waals surface area contributed by atoms with Gasteiger partial charge in [-0.05, 0) is 107 Å². The number of rotatable bonds is 2. The molecule has 0 amide bonds. The lowest BCUT2D eigenvalue weighted by atomic mass is 9.59. The number of carbonyl (C=O) groups is 4. The van der Waals surface area contributed by atoms with Gasteiger partial charge in [-0.25, -0.2) is 0 Å². The van der Waals surface area contributed by atoms with Crippen molar-refractivity contribution in [2.45, 2.75) is 101 Å². The molecule has 0 radical (unpaired) electrons. The van der Waals surface area contributed by atoms with Gasteiger partial charge in [0.15, 0.2) is 0 Å². The van der Waals surface area contributed by atoms with Gasteiger partial charge in [0.05, 0.1) is 29.5 Å². The second-order valence-corrected chi connectivity index (χ2v) is 17.8. The molecular weight excluding hydrogens is 616 g/mol. The summed E-state index contributed by atoms with van der Waals surface area (Å²) in [5.74, 6) is -3.90. The molecule has 2 spiro atoms. The molecule has 10 rings (SSSR count). The second kappa shape index (κ2) is 9.02. The number of carboxylic acid groups (broad SMARTS) is 2. The van der Waals surface area contributed by atoms with Crippen LogP contribution in [-0.2, 0) is 28.7 Å². The first-order chi connectivity index (χ1) is 22.5. The SMILES string of the molecule is C=C1C[C@]23C[C@H]1CC[C@H]2[C@@]12C=C[C@H](O)[C@](C)(C(=O)O1)[C@H]2[C@@H]3C(=O)O.C=C1C[C@]23C[C@H]1CC[C@H]2[C@@]12CC[C@H](O)[C@](C)(C(=O)O1)[C@H]2[C@@H]3C(=O)O. The molecule has 2 aliphatic heterocycles. The van der Waals surface area contributed by atoms with Crippen LogP contribution in [0.1, 0.15) is 78.1 Å². The number of aliphatic hydroxyl groups excluding tert-OH is 2. The zero-order valence-electron chi connectivity index (χ0n) is 27.7. The molecule has 2 saturated heterocycles. The lowest BCUT2D eigenvalue weighted by molar-refractivity contribution is -0.163. The van der Waals surface area contributed by atoms with Crippen LogP contribution in [0.5, 0.6) is 0 Å². The van der Waals surface area contributed by atoms with E-state index in [0.717, 1.165) is 50.5 Å². The first-order valence-corrected chi connectivity index (χ1v) is 17.9. The molecule has 2 heterocycles. The van der Waals surface area contributed by atoms with Gasteiger partial charge in [-0.1, -0.05) is 30.4 Å². The molecule has 0 aromatic heterocycles. The molecule has 10 heteroatoms. The van der Waals surface area contributed by atoms with Gasteiger partial charge in [-0.2, -0.15) is 0 Å². The Morgan fingerprint density at radius 1 is 0.771 bits per heavy atom. The van der Waals surface area contributed by atoms with Crippen LogP contribution >= 0.6 is 0 Å². The van der Waals surface area contributed by atoms with Gasteiger partial charge in [0.1, 0.15) is 16.6 Å². The summed E-state index contributed by atoms with van der Waals surface area (Å²) >= 11 is 0. The van der Waals surface area contributed by atoms with Crippen LogP contribution in [0, 0.1) is 69.0 Å². The summed E-state index contributed by atoms with van der Waals surface area (Å²) in [6.07, 6.45) is 9.64. The number of hydrogen-bond donors (Lipinski definition) is 4. The van der Waals surface area contributed by atoms with Gasteiger partial charge < -0.3 is 29.9 Å². The summed E-state index contributed by atoms with van der Waals surface area (Å²) in [6, 6.07) is 0. The van der Waals surface area contributed by atoms with Crippen molar-refractivity contribution in [3.05, 3.63) is 36.5 Å². The van der Waals surface area contributed by atoms with Crippen LogP contribution in [0.4, 0.5) is 0 Å². The number of carbonyl (C=O) groups excluding carboxylic acids is 2. The predicted molar refractivity (Wildman–Crippen MR) is 168 cm³/mol. The third kappa shape index (κ3) is 3.08. The van der Waals surface area contributed by atoms with Crippen molar-refractivity contribution in [3.8, 4) is 0 Å². The van der Waals surface area contributed by atoms with Crippen molar-refractivity contribution in [1.82, 2.24) is 0 Å². The van der Waals surface area contributed by atoms with Crippen LogP contribution in [0.3, 0.4) is 0 Å². The minimum absolute atomic E-state index is 0.00104. The largest absolute Gasteiger partial charge is 0.481 e. The van der Waals surface area contributed by atoms with E-state index >= 15 is 0 Å². The van der Waals surface area contributed by atoms with Gasteiger partial charge in [-0.15, -0.1) is 0 Å². The Morgan fingerprint density at radius 2 is 1.31 bits per heavy atom. The molecule has 8 bridgehead atoms. The highest BCUT2D eigenvalue weighted by atomic mass is 16.6. The third-order valence-corrected chi connectivity index (χ3v) is 16.5. The molecule has 0 aromatic carbocycles. The predicted octanol–water partition coefficient (Wildman–Crippen LogP) is 4.05. The third-order valence-electron chi connectivity index (χ3n) is 16.5. The molecule has 9 fully saturated rings. The van der Waals surface area contributed by atoms with E-state index in [2.05, 4.69) is 13.2 Å². The molecule has 4 N–H and O–H groups in total. The number of aliphatic hydroxyl groups is 2. The number of carboxylic acids is 2. The standard InChI is InChI=1S/C19H24O5.C19H22O5/c2*1-9-7-18-8-10(9)3-4-11(18)19-6-5-12(20)17(2,16(23)24-19)14(19)13(18)15(21)22/h10-14,20H,1,3-8H2,2H3,(H,21,22);5-6,10-14,20H,1,3-4,7-8H2,2H3,(H,21,22)/t2*10-,11-,12+,13-,14-,17+,18+,19-/m11/s1. The molecule has 7 saturated carbocycles. The average molecular weight is 663 g/mol. The first kappa shape index (κ1) is 31.0. The Morgan fingerprint density at radius 3 is 1.92 bits per heavy atom. The van der Waals surface area contributed by atoms with Crippen LogP contribution in [-0.4, -0.2) is 67.7 Å². The fraction of sp³-hybridized carbons (Fsp3) is 0.737. The van der Waals surface area contributed by atoms with Gasteiger partial charge in [0.2, 0.25) is 0 Å². The number of allylic oxidation sites excluding steroid dienone is 2. The van der Waals surface area contributed by atoms with Crippen LogP contribution in [0.2, 0.25) is 0 Å². The molecule has 0 unspecified atom stereocenters. The quantitative estimate of drug-likeness (QED) is 0.250. The Hall–Kier alpha value is -2.98. The summed E-state index contributed by atoms with van der Waals surface area (Å²) < 4.78 is 11.9. The second-order valence-electron chi connectivity index (χ2n) is 17.8. The Balaban J connectivity index is 0.000000131. The van der Waals surface area contributed by atoms with Gasteiger partial charge in [0, 0.05) is 23.7 Å². The maximum atomic E-state index is 12.7. The van der Waals surface area contributed by atoms with E-state index in [9.17, 15) is 39.6 Å². The summed E-state index contributed by atoms with van der Waals surface area (Å²) in [7, 11) is 0. The minimum atomic E-state index is -1.18. The van der Waals surface area contributed by atoms with E-state index in [-0.39, 0.29) is 17.3 Å². The van der Waals surface area contributed by atoms with Crippen molar-refractivity contribution < 1.29 is 49.1 Å². The van der Waals surface area contributed by atoms with Crippen LogP contribution in [0.15, 0.2) is 36.5 Å². The van der Waals surface area contributed by atoms with Gasteiger partial charge >= 0.3 is 23.9 Å². The summed E-state index contributed by atoms with van der Waals surface area (Å²) in [5, 5.41) is 41.4. The minimum Gasteiger partial charge on any atom is -0.481 e. The summed E-state index contributed by atoms with van der Waals surface area (Å²) in [4.78, 5) is 50.2. The molecule has 8 aliphatic carbocycles. The number of aliphatic carboxylic acids is 2. The normalized spacial score (nSPS) is 57.2.